The van der Waals surface area contributed by atoms with E-state index in [0.29, 0.717) is 5.75 Å². The molecular weight excluding hydrogens is 362 g/mol. The minimum Gasteiger partial charge on any atom is -0.463 e. The fourth-order valence-corrected chi connectivity index (χ4v) is 3.71. The van der Waals surface area contributed by atoms with Crippen LogP contribution < -0.4 is 10.1 Å². The molecule has 150 valence electrons. The van der Waals surface area contributed by atoms with Crippen LogP contribution in [0.25, 0.3) is 10.8 Å². The van der Waals surface area contributed by atoms with Gasteiger partial charge in [-0.1, -0.05) is 30.3 Å². The summed E-state index contributed by atoms with van der Waals surface area (Å²) in [6.45, 7) is 5.21. The molecule has 2 N–H and O–H groups in total. The third-order valence-electron chi connectivity index (χ3n) is 5.03. The number of carbonyl (C=O) groups excluding carboxylic acids is 1. The highest BCUT2D eigenvalue weighted by Crippen LogP contribution is 2.33. The van der Waals surface area contributed by atoms with Gasteiger partial charge >= 0.3 is 0 Å². The summed E-state index contributed by atoms with van der Waals surface area (Å²) in [5.74, 6) is -0.537. The third-order valence-corrected chi connectivity index (χ3v) is 5.03. The Balaban J connectivity index is 1.59. The molecule has 0 aliphatic carbocycles. The molecule has 0 bridgehead atoms. The fourth-order valence-electron chi connectivity index (χ4n) is 3.71. The lowest BCUT2D eigenvalue weighted by molar-refractivity contribution is -0.361. The van der Waals surface area contributed by atoms with Crippen LogP contribution in [-0.4, -0.2) is 54.1 Å². The largest absolute Gasteiger partial charge is 0.463 e. The molecule has 0 aromatic heterocycles. The normalized spacial score (nSPS) is 31.8. The standard InChI is InChI=1S/C21H25NO6/c1-12(23)22-17-18(24)19-16(11-25-21(2,3)28-19)27-20(17)26-15-9-8-13-6-4-5-7-14(13)10-15/h4-10,16-20,24H,11H2,1-3H3,(H,22,23)/t16-,17+,18-,19+,20-/m0/s1. The number of ether oxygens (including phenoxy) is 4. The summed E-state index contributed by atoms with van der Waals surface area (Å²) >= 11 is 0. The van der Waals surface area contributed by atoms with E-state index in [1.165, 1.54) is 6.92 Å². The number of amides is 1. The molecule has 5 atom stereocenters. The molecule has 0 saturated carbocycles. The van der Waals surface area contributed by atoms with Gasteiger partial charge in [0.1, 0.15) is 30.1 Å². The van der Waals surface area contributed by atoms with Crippen LogP contribution >= 0.6 is 0 Å². The van der Waals surface area contributed by atoms with Gasteiger partial charge in [0.25, 0.3) is 0 Å². The zero-order valence-corrected chi connectivity index (χ0v) is 16.1. The van der Waals surface area contributed by atoms with E-state index in [9.17, 15) is 9.90 Å². The van der Waals surface area contributed by atoms with Gasteiger partial charge in [0, 0.05) is 6.92 Å². The predicted molar refractivity (Wildman–Crippen MR) is 102 cm³/mol. The van der Waals surface area contributed by atoms with Crippen molar-refractivity contribution < 1.29 is 28.8 Å². The first-order valence-electron chi connectivity index (χ1n) is 9.40. The molecular formula is C21H25NO6. The fraction of sp³-hybridized carbons (Fsp3) is 0.476. The van der Waals surface area contributed by atoms with Crippen LogP contribution in [0.5, 0.6) is 5.75 Å². The van der Waals surface area contributed by atoms with Crippen molar-refractivity contribution in [2.75, 3.05) is 6.61 Å². The Hall–Kier alpha value is -2.19. The number of hydrogen-bond donors (Lipinski definition) is 2. The van der Waals surface area contributed by atoms with Crippen LogP contribution in [0.15, 0.2) is 42.5 Å². The van der Waals surface area contributed by atoms with Crippen molar-refractivity contribution in [1.29, 1.82) is 0 Å². The second kappa shape index (κ2) is 7.33. The lowest BCUT2D eigenvalue weighted by Crippen LogP contribution is -2.69. The highest BCUT2D eigenvalue weighted by Gasteiger charge is 2.52. The van der Waals surface area contributed by atoms with Gasteiger partial charge in [-0.15, -0.1) is 0 Å². The average Bonchev–Trinajstić information content (AvgIpc) is 2.65. The number of fused-ring (bicyclic) bond motifs is 2. The molecule has 2 aromatic carbocycles. The maximum atomic E-state index is 11.7. The van der Waals surface area contributed by atoms with Gasteiger partial charge in [-0.2, -0.15) is 0 Å². The molecule has 28 heavy (non-hydrogen) atoms. The zero-order chi connectivity index (χ0) is 19.9. The van der Waals surface area contributed by atoms with E-state index in [0.717, 1.165) is 10.8 Å². The smallest absolute Gasteiger partial charge is 0.223 e. The van der Waals surface area contributed by atoms with Crippen molar-refractivity contribution in [3.8, 4) is 5.75 Å². The first-order valence-corrected chi connectivity index (χ1v) is 9.40. The van der Waals surface area contributed by atoms with Gasteiger partial charge in [-0.3, -0.25) is 4.79 Å². The van der Waals surface area contributed by atoms with Gasteiger partial charge in [-0.05, 0) is 36.8 Å². The van der Waals surface area contributed by atoms with Crippen molar-refractivity contribution in [2.45, 2.75) is 57.2 Å². The van der Waals surface area contributed by atoms with Crippen LogP contribution in [0.3, 0.4) is 0 Å². The van der Waals surface area contributed by atoms with Crippen molar-refractivity contribution in [3.63, 3.8) is 0 Å². The van der Waals surface area contributed by atoms with Gasteiger partial charge in [0.2, 0.25) is 12.2 Å². The van der Waals surface area contributed by atoms with Crippen molar-refractivity contribution in [3.05, 3.63) is 42.5 Å². The second-order valence-corrected chi connectivity index (χ2v) is 7.68. The molecule has 2 heterocycles. The van der Waals surface area contributed by atoms with Gasteiger partial charge in [-0.25, -0.2) is 0 Å². The molecule has 1 amide bonds. The van der Waals surface area contributed by atoms with E-state index in [1.54, 1.807) is 13.8 Å². The van der Waals surface area contributed by atoms with Gasteiger partial charge in [0.15, 0.2) is 5.79 Å². The van der Waals surface area contributed by atoms with E-state index >= 15 is 0 Å². The first-order chi connectivity index (χ1) is 13.3. The van der Waals surface area contributed by atoms with Crippen molar-refractivity contribution in [2.24, 2.45) is 0 Å². The van der Waals surface area contributed by atoms with Crippen LogP contribution in [0, 0.1) is 0 Å². The SMILES string of the molecule is CC(=O)N[C@H]1[C@@H](Oc2ccc3ccccc3c2)O[C@H]2COC(C)(C)O[C@H]2[C@H]1O. The summed E-state index contributed by atoms with van der Waals surface area (Å²) in [7, 11) is 0. The number of aliphatic hydroxyl groups is 1. The quantitative estimate of drug-likeness (QED) is 0.837. The van der Waals surface area contributed by atoms with E-state index in [2.05, 4.69) is 5.32 Å². The first kappa shape index (κ1) is 19.1. The molecule has 0 radical (unpaired) electrons. The minimum absolute atomic E-state index is 0.263. The summed E-state index contributed by atoms with van der Waals surface area (Å²) in [5, 5.41) is 15.8. The van der Waals surface area contributed by atoms with Gasteiger partial charge in [0.05, 0.1) is 6.61 Å². The Morgan fingerprint density at radius 3 is 2.71 bits per heavy atom. The lowest BCUT2D eigenvalue weighted by atomic mass is 9.95. The summed E-state index contributed by atoms with van der Waals surface area (Å²) in [4.78, 5) is 11.7. The Labute approximate surface area is 163 Å². The maximum absolute atomic E-state index is 11.7. The Kier molecular flexibility index (Phi) is 5.01. The van der Waals surface area contributed by atoms with E-state index in [-0.39, 0.29) is 12.5 Å². The molecule has 7 heteroatoms. The molecule has 2 aliphatic heterocycles. The van der Waals surface area contributed by atoms with E-state index < -0.39 is 36.4 Å². The number of aliphatic hydroxyl groups excluding tert-OH is 1. The molecule has 2 aliphatic rings. The minimum atomic E-state index is -1.00. The summed E-state index contributed by atoms with van der Waals surface area (Å²) in [6.07, 6.45) is -3.01. The van der Waals surface area contributed by atoms with E-state index in [1.807, 2.05) is 42.5 Å². The number of rotatable bonds is 3. The highest BCUT2D eigenvalue weighted by molar-refractivity contribution is 5.83. The number of benzene rings is 2. The number of nitrogens with one attached hydrogen (secondary N) is 1. The van der Waals surface area contributed by atoms with Crippen LogP contribution in [-0.2, 0) is 19.0 Å². The molecule has 0 spiro atoms. The lowest BCUT2D eigenvalue weighted by Gasteiger charge is -2.49. The Morgan fingerprint density at radius 1 is 1.21 bits per heavy atom. The molecule has 2 saturated heterocycles. The molecule has 0 unspecified atom stereocenters. The molecule has 2 aromatic rings. The monoisotopic (exact) mass is 387 g/mol. The number of hydrogen-bond acceptors (Lipinski definition) is 6. The average molecular weight is 387 g/mol. The van der Waals surface area contributed by atoms with Crippen LogP contribution in [0.4, 0.5) is 0 Å². The zero-order valence-electron chi connectivity index (χ0n) is 16.1. The maximum Gasteiger partial charge on any atom is 0.223 e. The van der Waals surface area contributed by atoms with Crippen LogP contribution in [0.2, 0.25) is 0 Å². The summed E-state index contributed by atoms with van der Waals surface area (Å²) in [5.41, 5.74) is 0. The Morgan fingerprint density at radius 2 is 1.96 bits per heavy atom. The summed E-state index contributed by atoms with van der Waals surface area (Å²) in [6, 6.07) is 12.9. The van der Waals surface area contributed by atoms with Crippen LogP contribution in [0.1, 0.15) is 20.8 Å². The molecule has 4 rings (SSSR count). The Bertz CT molecular complexity index is 869. The number of carbonyl (C=O) groups is 1. The van der Waals surface area contributed by atoms with Gasteiger partial charge < -0.3 is 29.4 Å². The summed E-state index contributed by atoms with van der Waals surface area (Å²) < 4.78 is 23.6. The third kappa shape index (κ3) is 3.84. The molecule has 2 fully saturated rings. The highest BCUT2D eigenvalue weighted by atomic mass is 16.8. The van der Waals surface area contributed by atoms with Crippen molar-refractivity contribution >= 4 is 16.7 Å². The predicted octanol–water partition coefficient (Wildman–Crippen LogP) is 1.96. The molecule has 7 nitrogen and oxygen atoms in total. The van der Waals surface area contributed by atoms with E-state index in [4.69, 9.17) is 18.9 Å². The van der Waals surface area contributed by atoms with Crippen molar-refractivity contribution in [1.82, 2.24) is 5.32 Å². The second-order valence-electron chi connectivity index (χ2n) is 7.68. The topological polar surface area (TPSA) is 86.3 Å².